The molecule has 2 aliphatic rings. The molecule has 5 heterocycles. The van der Waals surface area contributed by atoms with Crippen molar-refractivity contribution in [1.82, 2.24) is 30.2 Å². The average Bonchev–Trinajstić information content (AvgIpc) is 3.72. The van der Waals surface area contributed by atoms with Crippen LogP contribution in [0.25, 0.3) is 44.5 Å². The summed E-state index contributed by atoms with van der Waals surface area (Å²) in [5, 5.41) is 5.70. The Bertz CT molecular complexity index is 1580. The number of benzene rings is 2. The summed E-state index contributed by atoms with van der Waals surface area (Å²) < 4.78 is 6.31. The fourth-order valence-electron chi connectivity index (χ4n) is 5.55. The molecule has 35 heavy (non-hydrogen) atoms. The molecule has 0 spiro atoms. The van der Waals surface area contributed by atoms with Gasteiger partial charge in [0.05, 0.1) is 35.9 Å². The third kappa shape index (κ3) is 3.41. The summed E-state index contributed by atoms with van der Waals surface area (Å²) in [5.41, 5.74) is 5.82. The lowest BCUT2D eigenvalue weighted by molar-refractivity contribution is 0.368. The molecule has 7 heteroatoms. The molecule has 7 nitrogen and oxygen atoms in total. The van der Waals surface area contributed by atoms with Gasteiger partial charge in [0.1, 0.15) is 22.8 Å². The molecule has 2 aliphatic heterocycles. The molecule has 174 valence electrons. The molecule has 0 amide bonds. The number of nitrogens with one attached hydrogen (secondary N) is 3. The molecule has 5 aromatic rings. The van der Waals surface area contributed by atoms with Crippen LogP contribution in [0.3, 0.4) is 0 Å². The number of terminal acetylenes is 1. The van der Waals surface area contributed by atoms with Gasteiger partial charge in [0.15, 0.2) is 0 Å². The minimum absolute atomic E-state index is 0.162. The minimum Gasteiger partial charge on any atom is -0.456 e. The lowest BCUT2D eigenvalue weighted by Crippen LogP contribution is -2.17. The largest absolute Gasteiger partial charge is 0.456 e. The zero-order valence-electron chi connectivity index (χ0n) is 19.3. The number of fused-ring (bicyclic) bond motifs is 3. The van der Waals surface area contributed by atoms with Crippen LogP contribution >= 0.6 is 0 Å². The second kappa shape index (κ2) is 8.03. The number of H-pyrrole nitrogens is 2. The van der Waals surface area contributed by atoms with Crippen molar-refractivity contribution in [2.75, 3.05) is 13.1 Å². The van der Waals surface area contributed by atoms with Crippen molar-refractivity contribution in [2.45, 2.75) is 37.8 Å². The summed E-state index contributed by atoms with van der Waals surface area (Å²) >= 11 is 0. The number of aromatic nitrogens is 4. The molecule has 3 N–H and O–H groups in total. The van der Waals surface area contributed by atoms with Gasteiger partial charge >= 0.3 is 0 Å². The van der Waals surface area contributed by atoms with Gasteiger partial charge in [-0.3, -0.25) is 0 Å². The van der Waals surface area contributed by atoms with E-state index in [1.807, 2.05) is 17.3 Å². The first-order valence-corrected chi connectivity index (χ1v) is 12.3. The van der Waals surface area contributed by atoms with Crippen LogP contribution in [-0.4, -0.2) is 37.9 Å². The van der Waals surface area contributed by atoms with E-state index < -0.39 is 0 Å². The quantitative estimate of drug-likeness (QED) is 0.306. The molecule has 0 radical (unpaired) electrons. The number of hydrogen-bond acceptors (Lipinski definition) is 5. The first-order chi connectivity index (χ1) is 17.3. The van der Waals surface area contributed by atoms with Crippen molar-refractivity contribution >= 4 is 21.9 Å². The third-order valence-electron chi connectivity index (χ3n) is 7.41. The maximum atomic E-state index is 6.31. The maximum Gasteiger partial charge on any atom is 0.136 e. The predicted octanol–water partition coefficient (Wildman–Crippen LogP) is 5.52. The van der Waals surface area contributed by atoms with E-state index in [-0.39, 0.29) is 6.04 Å². The highest BCUT2D eigenvalue weighted by atomic mass is 16.3. The van der Waals surface area contributed by atoms with Gasteiger partial charge in [0.2, 0.25) is 0 Å². The van der Waals surface area contributed by atoms with Crippen molar-refractivity contribution in [3.63, 3.8) is 0 Å². The summed E-state index contributed by atoms with van der Waals surface area (Å²) in [7, 11) is 0. The summed E-state index contributed by atoms with van der Waals surface area (Å²) in [6, 6.07) is 15.9. The van der Waals surface area contributed by atoms with Crippen LogP contribution in [0.5, 0.6) is 0 Å². The van der Waals surface area contributed by atoms with Crippen molar-refractivity contribution in [3.05, 3.63) is 60.4 Å². The van der Waals surface area contributed by atoms with E-state index >= 15 is 0 Å². The van der Waals surface area contributed by atoms with Crippen molar-refractivity contribution < 1.29 is 4.42 Å². The molecule has 2 unspecified atom stereocenters. The Morgan fingerprint density at radius 1 is 0.886 bits per heavy atom. The normalized spacial score (nSPS) is 20.3. The number of imidazole rings is 2. The molecule has 2 saturated heterocycles. The monoisotopic (exact) mass is 462 g/mol. The lowest BCUT2D eigenvalue weighted by atomic mass is 10.1. The van der Waals surface area contributed by atoms with E-state index in [1.54, 1.807) is 0 Å². The van der Waals surface area contributed by atoms with E-state index in [0.29, 0.717) is 6.04 Å². The Kier molecular flexibility index (Phi) is 4.67. The summed E-state index contributed by atoms with van der Waals surface area (Å²) in [6.45, 7) is 1.97. The minimum atomic E-state index is 0.162. The predicted molar refractivity (Wildman–Crippen MR) is 136 cm³/mol. The summed E-state index contributed by atoms with van der Waals surface area (Å²) in [4.78, 5) is 18.2. The van der Waals surface area contributed by atoms with Gasteiger partial charge in [0, 0.05) is 34.5 Å². The summed E-state index contributed by atoms with van der Waals surface area (Å²) in [6.07, 6.45) is 13.9. The number of aromatic amines is 2. The fraction of sp³-hybridized carbons (Fsp3) is 0.286. The third-order valence-corrected chi connectivity index (χ3v) is 7.41. The van der Waals surface area contributed by atoms with Crippen LogP contribution in [0.15, 0.2) is 53.2 Å². The molecule has 7 rings (SSSR count). The van der Waals surface area contributed by atoms with Gasteiger partial charge in [-0.25, -0.2) is 9.97 Å². The smallest absolute Gasteiger partial charge is 0.136 e. The Labute approximate surface area is 203 Å². The van der Waals surface area contributed by atoms with Crippen molar-refractivity contribution in [3.8, 4) is 35.0 Å². The van der Waals surface area contributed by atoms with Crippen LogP contribution < -0.4 is 5.32 Å². The van der Waals surface area contributed by atoms with Gasteiger partial charge in [-0.1, -0.05) is 18.6 Å². The van der Waals surface area contributed by atoms with Crippen LogP contribution in [0.1, 0.15) is 49.4 Å². The summed E-state index contributed by atoms with van der Waals surface area (Å²) in [5.74, 6) is 1.94. The Morgan fingerprint density at radius 2 is 1.57 bits per heavy atom. The molecule has 0 saturated carbocycles. The highest BCUT2D eigenvalue weighted by Gasteiger charge is 2.26. The highest BCUT2D eigenvalue weighted by molar-refractivity contribution is 6.06. The molecule has 0 aliphatic carbocycles. The van der Waals surface area contributed by atoms with E-state index in [0.717, 1.165) is 88.5 Å². The fourth-order valence-corrected chi connectivity index (χ4v) is 5.55. The number of furan rings is 1. The van der Waals surface area contributed by atoms with Crippen LogP contribution in [-0.2, 0) is 0 Å². The highest BCUT2D eigenvalue weighted by Crippen LogP contribution is 2.35. The maximum absolute atomic E-state index is 6.31. The standard InChI is InChI=1S/C28H26N6O/c1-2-34-12-4-6-24(34)28-31-16-23(33-28)18-8-10-20-19-9-7-17(13-25(19)35-26(20)14-18)22-15-30-27(32-22)21-5-3-11-29-21/h1,7-10,13-16,21,24,29H,3-6,11-12H2,(H,30,32)(H,31,33). The second-order valence-corrected chi connectivity index (χ2v) is 9.52. The molecular weight excluding hydrogens is 436 g/mol. The van der Waals surface area contributed by atoms with Gasteiger partial charge in [0.25, 0.3) is 0 Å². The number of nitrogens with zero attached hydrogens (tertiary/aromatic N) is 3. The van der Waals surface area contributed by atoms with Gasteiger partial charge in [-0.05, 0) is 56.5 Å². The molecular formula is C28H26N6O. The zero-order chi connectivity index (χ0) is 23.4. The molecule has 2 fully saturated rings. The van der Waals surface area contributed by atoms with E-state index in [9.17, 15) is 0 Å². The van der Waals surface area contributed by atoms with Gasteiger partial charge in [-0.15, -0.1) is 0 Å². The molecule has 0 bridgehead atoms. The van der Waals surface area contributed by atoms with Crippen molar-refractivity contribution in [1.29, 1.82) is 0 Å². The topological polar surface area (TPSA) is 85.8 Å². The number of hydrogen-bond donors (Lipinski definition) is 3. The Balaban J connectivity index is 1.21. The van der Waals surface area contributed by atoms with Gasteiger partial charge in [-0.2, -0.15) is 0 Å². The molecule has 2 aromatic carbocycles. The van der Waals surface area contributed by atoms with Crippen LogP contribution in [0.4, 0.5) is 0 Å². The number of rotatable bonds is 4. The van der Waals surface area contributed by atoms with E-state index in [4.69, 9.17) is 10.8 Å². The first-order valence-electron chi connectivity index (χ1n) is 12.3. The van der Waals surface area contributed by atoms with E-state index in [1.165, 1.54) is 6.42 Å². The van der Waals surface area contributed by atoms with E-state index in [2.05, 4.69) is 67.7 Å². The molecule has 2 atom stereocenters. The Hall–Kier alpha value is -4.02. The van der Waals surface area contributed by atoms with Crippen molar-refractivity contribution in [2.24, 2.45) is 0 Å². The van der Waals surface area contributed by atoms with Gasteiger partial charge < -0.3 is 24.6 Å². The Morgan fingerprint density at radius 3 is 2.23 bits per heavy atom. The van der Waals surface area contributed by atoms with Crippen LogP contribution in [0, 0.1) is 12.5 Å². The first kappa shape index (κ1) is 20.4. The average molecular weight is 463 g/mol. The second-order valence-electron chi connectivity index (χ2n) is 9.52. The lowest BCUT2D eigenvalue weighted by Gasteiger charge is -2.17. The van der Waals surface area contributed by atoms with Crippen LogP contribution in [0.2, 0.25) is 0 Å². The number of likely N-dealkylation sites (tertiary alicyclic amines) is 1. The SMILES string of the molecule is C#CN1CCCC1c1ncc(-c2ccc3c(c2)oc2cc(-c4cnc(C5CCCN5)[nH]4)ccc23)[nH]1. The zero-order valence-corrected chi connectivity index (χ0v) is 19.3. The molecule has 3 aromatic heterocycles.